The van der Waals surface area contributed by atoms with E-state index in [0.29, 0.717) is 19.4 Å². The zero-order chi connectivity index (χ0) is 42.2. The Morgan fingerprint density at radius 1 is 0.643 bits per heavy atom. The predicted octanol–water partition coefficient (Wildman–Crippen LogP) is -5.58. The number of urea groups is 1. The summed E-state index contributed by atoms with van der Waals surface area (Å²) in [4.78, 5) is 102. The van der Waals surface area contributed by atoms with E-state index in [9.17, 15) is 43.5 Å². The van der Waals surface area contributed by atoms with Crippen molar-refractivity contribution in [2.24, 2.45) is 22.9 Å². The lowest BCUT2D eigenvalue weighted by Gasteiger charge is -2.27. The summed E-state index contributed by atoms with van der Waals surface area (Å²) in [6.07, 6.45) is 0.930. The lowest BCUT2D eigenvalue weighted by atomic mass is 10.0. The molecule has 0 radical (unpaired) electrons. The van der Waals surface area contributed by atoms with Gasteiger partial charge in [-0.2, -0.15) is 12.6 Å². The van der Waals surface area contributed by atoms with Gasteiger partial charge >= 0.3 is 12.0 Å². The summed E-state index contributed by atoms with van der Waals surface area (Å²) in [7, 11) is 0. The van der Waals surface area contributed by atoms with Crippen LogP contribution < -0.4 is 70.8 Å². The van der Waals surface area contributed by atoms with Crippen LogP contribution in [-0.2, 0) is 33.6 Å². The SMILES string of the molecule is N=C(N)NCCC[C@H](NC(=O)[C@H](CS)NC(=O)[C@H](CCCNC(N)=O)NC(=O)[C@H](CCCNC(=N)N)NC(=O)[C@@H](CCC(=O)O)NC(=O)[C@@H]1CCCN1)C(N)=O. The van der Waals surface area contributed by atoms with Crippen LogP contribution in [0.25, 0.3) is 0 Å². The van der Waals surface area contributed by atoms with Crippen molar-refractivity contribution in [3.63, 3.8) is 0 Å². The normalized spacial score (nSPS) is 16.0. The minimum absolute atomic E-state index is 0.00191. The summed E-state index contributed by atoms with van der Waals surface area (Å²) >= 11 is 4.16. The van der Waals surface area contributed by atoms with Gasteiger partial charge in [0.1, 0.15) is 30.2 Å². The van der Waals surface area contributed by atoms with E-state index >= 15 is 0 Å². The van der Waals surface area contributed by atoms with Crippen LogP contribution in [0.5, 0.6) is 0 Å². The predicted molar refractivity (Wildman–Crippen MR) is 206 cm³/mol. The fourth-order valence-electron chi connectivity index (χ4n) is 5.40. The van der Waals surface area contributed by atoms with E-state index in [-0.39, 0.29) is 75.8 Å². The van der Waals surface area contributed by atoms with Gasteiger partial charge in [0.2, 0.25) is 35.4 Å². The Kier molecular flexibility index (Phi) is 22.7. The average molecular weight is 816 g/mol. The van der Waals surface area contributed by atoms with Gasteiger partial charge in [-0.3, -0.25) is 44.4 Å². The maximum atomic E-state index is 13.8. The van der Waals surface area contributed by atoms with E-state index < -0.39 is 90.1 Å². The number of carboxylic acids is 1. The molecule has 56 heavy (non-hydrogen) atoms. The number of amides is 8. The largest absolute Gasteiger partial charge is 0.481 e. The van der Waals surface area contributed by atoms with Gasteiger partial charge in [0.25, 0.3) is 0 Å². The molecule has 316 valence electrons. The molecule has 24 nitrogen and oxygen atoms in total. The molecule has 6 atom stereocenters. The minimum atomic E-state index is -1.37. The van der Waals surface area contributed by atoms with Crippen LogP contribution >= 0.6 is 12.6 Å². The molecular formula is C31H57N15O9S. The lowest BCUT2D eigenvalue weighted by Crippen LogP contribution is -2.59. The molecule has 0 aromatic rings. The van der Waals surface area contributed by atoms with Crippen LogP contribution in [-0.4, -0.2) is 133 Å². The summed E-state index contributed by atoms with van der Waals surface area (Å²) in [5.41, 5.74) is 21.2. The fourth-order valence-corrected chi connectivity index (χ4v) is 5.66. The van der Waals surface area contributed by atoms with E-state index in [4.69, 9.17) is 33.8 Å². The van der Waals surface area contributed by atoms with Crippen molar-refractivity contribution in [1.82, 2.24) is 47.9 Å². The number of aliphatic carboxylic acids is 1. The first-order valence-corrected chi connectivity index (χ1v) is 18.6. The van der Waals surface area contributed by atoms with Crippen LogP contribution in [0.15, 0.2) is 0 Å². The molecule has 20 N–H and O–H groups in total. The first kappa shape index (κ1) is 48.4. The standard InChI is InChI=1S/C31H57N15O9S/c32-23(49)16(5-1-12-39-29(33)34)42-28(54)21(15-56)46-26(52)19(8-4-14-41-31(37)55)43-25(51)18(7-3-13-40-30(35)36)44-27(53)20(9-10-22(47)48)45-24(50)17-6-2-11-38-17/h16-21,38,56H,1-15H2,(H2,32,49)(H,42,54)(H,43,51)(H,44,53)(H,45,50)(H,46,52)(H,47,48)(H4,33,34,39)(H4,35,36,40)(H3,37,41,55)/t16-,17-,18-,19-,20+,21-/m0/s1. The lowest BCUT2D eigenvalue weighted by molar-refractivity contribution is -0.138. The van der Waals surface area contributed by atoms with Gasteiger partial charge in [-0.1, -0.05) is 0 Å². The minimum Gasteiger partial charge on any atom is -0.481 e. The van der Waals surface area contributed by atoms with Crippen molar-refractivity contribution < 1.29 is 43.5 Å². The zero-order valence-corrected chi connectivity index (χ0v) is 31.9. The highest BCUT2D eigenvalue weighted by atomic mass is 32.1. The number of carbonyl (C=O) groups excluding carboxylic acids is 7. The summed E-state index contributed by atoms with van der Waals surface area (Å²) in [5.74, 6) is -6.89. The molecule has 0 aromatic heterocycles. The molecular weight excluding hydrogens is 759 g/mol. The van der Waals surface area contributed by atoms with Crippen molar-refractivity contribution in [2.45, 2.75) is 100 Å². The van der Waals surface area contributed by atoms with E-state index in [0.717, 1.165) is 6.42 Å². The second-order valence-corrected chi connectivity index (χ2v) is 13.2. The number of hydrogen-bond acceptors (Lipinski definition) is 12. The van der Waals surface area contributed by atoms with Crippen molar-refractivity contribution in [3.8, 4) is 0 Å². The first-order chi connectivity index (χ1) is 26.4. The summed E-state index contributed by atoms with van der Waals surface area (Å²) in [5, 5.41) is 46.9. The number of nitrogens with one attached hydrogen (secondary N) is 11. The van der Waals surface area contributed by atoms with Gasteiger partial charge in [0.15, 0.2) is 11.9 Å². The van der Waals surface area contributed by atoms with Crippen molar-refractivity contribution >= 4 is 72.0 Å². The first-order valence-electron chi connectivity index (χ1n) is 18.0. The highest BCUT2D eigenvalue weighted by Gasteiger charge is 2.33. The Labute approximate surface area is 329 Å². The van der Waals surface area contributed by atoms with Crippen LogP contribution in [0.2, 0.25) is 0 Å². The molecule has 1 fully saturated rings. The molecule has 8 amide bonds. The number of thiol groups is 1. The highest BCUT2D eigenvalue weighted by Crippen LogP contribution is 2.09. The average Bonchev–Trinajstić information content (AvgIpc) is 3.67. The van der Waals surface area contributed by atoms with Gasteiger partial charge < -0.3 is 75.9 Å². The molecule has 0 saturated carbocycles. The quantitative estimate of drug-likeness (QED) is 0.0159. The molecule has 0 spiro atoms. The summed E-state index contributed by atoms with van der Waals surface area (Å²) in [6, 6.07) is -7.97. The van der Waals surface area contributed by atoms with Crippen molar-refractivity contribution in [3.05, 3.63) is 0 Å². The Morgan fingerprint density at radius 2 is 1.07 bits per heavy atom. The number of carbonyl (C=O) groups is 8. The number of nitrogens with two attached hydrogens (primary N) is 4. The molecule has 0 unspecified atom stereocenters. The van der Waals surface area contributed by atoms with Crippen LogP contribution in [0.3, 0.4) is 0 Å². The molecule has 0 aromatic carbocycles. The van der Waals surface area contributed by atoms with Gasteiger partial charge in [0.05, 0.1) is 6.04 Å². The summed E-state index contributed by atoms with van der Waals surface area (Å²) < 4.78 is 0. The number of rotatable bonds is 27. The van der Waals surface area contributed by atoms with Crippen molar-refractivity contribution in [1.29, 1.82) is 10.8 Å². The molecule has 0 bridgehead atoms. The highest BCUT2D eigenvalue weighted by molar-refractivity contribution is 7.80. The van der Waals surface area contributed by atoms with Gasteiger partial charge in [0, 0.05) is 31.8 Å². The Morgan fingerprint density at radius 3 is 1.48 bits per heavy atom. The topological polar surface area (TPSA) is 417 Å². The number of guanidine groups is 2. The van der Waals surface area contributed by atoms with Gasteiger partial charge in [-0.15, -0.1) is 0 Å². The monoisotopic (exact) mass is 815 g/mol. The van der Waals surface area contributed by atoms with Crippen LogP contribution in [0, 0.1) is 10.8 Å². The molecule has 1 heterocycles. The van der Waals surface area contributed by atoms with E-state index in [1.165, 1.54) is 0 Å². The third-order valence-electron chi connectivity index (χ3n) is 8.34. The third kappa shape index (κ3) is 20.2. The van der Waals surface area contributed by atoms with E-state index in [1.54, 1.807) is 0 Å². The van der Waals surface area contributed by atoms with Gasteiger partial charge in [-0.05, 0) is 64.3 Å². The third-order valence-corrected chi connectivity index (χ3v) is 8.70. The second-order valence-electron chi connectivity index (χ2n) is 12.9. The number of primary amides is 2. The fraction of sp³-hybridized carbons (Fsp3) is 0.677. The Hall–Kier alpha value is -5.59. The number of carboxylic acid groups (broad SMARTS) is 1. The van der Waals surface area contributed by atoms with Crippen LogP contribution in [0.1, 0.15) is 64.2 Å². The summed E-state index contributed by atoms with van der Waals surface area (Å²) in [6.45, 7) is 0.921. The molecule has 1 rings (SSSR count). The Bertz CT molecular complexity index is 1400. The maximum Gasteiger partial charge on any atom is 0.312 e. The molecule has 1 aliphatic rings. The molecule has 0 aliphatic carbocycles. The van der Waals surface area contributed by atoms with Gasteiger partial charge in [-0.25, -0.2) is 4.79 Å². The zero-order valence-electron chi connectivity index (χ0n) is 31.0. The second kappa shape index (κ2) is 26.3. The van der Waals surface area contributed by atoms with E-state index in [2.05, 4.69) is 60.5 Å². The molecule has 1 saturated heterocycles. The Balaban J connectivity index is 3.25. The van der Waals surface area contributed by atoms with Crippen molar-refractivity contribution in [2.75, 3.05) is 31.9 Å². The smallest absolute Gasteiger partial charge is 0.312 e. The molecule has 1 aliphatic heterocycles. The molecule has 25 heteroatoms. The van der Waals surface area contributed by atoms with Crippen LogP contribution in [0.4, 0.5) is 4.79 Å². The number of hydrogen-bond donors (Lipinski definition) is 17. The maximum absolute atomic E-state index is 13.8. The van der Waals surface area contributed by atoms with E-state index in [1.807, 2.05) is 0 Å².